The molecule has 1 aromatic rings. The average molecular weight is 497 g/mol. The molecule has 0 saturated carbocycles. The van der Waals surface area contributed by atoms with Crippen molar-refractivity contribution >= 4 is 23.5 Å². The summed E-state index contributed by atoms with van der Waals surface area (Å²) in [7, 11) is -17.8. The van der Waals surface area contributed by atoms with E-state index in [2.05, 4.69) is 13.1 Å². The molecular weight excluding hydrogens is 481 g/mol. The maximum Gasteiger partial charge on any atom is 0.478 e. The molecule has 1 aliphatic heterocycles. The van der Waals surface area contributed by atoms with Crippen molar-refractivity contribution in [3.63, 3.8) is 0 Å². The molecule has 20 heteroatoms. The molecule has 17 nitrogen and oxygen atoms in total. The van der Waals surface area contributed by atoms with Gasteiger partial charge in [0.1, 0.15) is 18.3 Å². The summed E-state index contributed by atoms with van der Waals surface area (Å²) in [5.74, 6) is 0. The first kappa shape index (κ1) is 27.0. The first-order valence-electron chi connectivity index (χ1n) is 7.16. The fraction of sp³-hybridized carbons (Fsp3) is 0.600. The van der Waals surface area contributed by atoms with Crippen LogP contribution in [0.25, 0.3) is 0 Å². The number of aliphatic hydroxyl groups excluding tert-OH is 2. The van der Waals surface area contributed by atoms with E-state index in [1.807, 2.05) is 4.98 Å². The SMILES string of the molecule is C.O=c1ccn([C@@H]2O[C@H](COP(=O)(O)OP(=O)([O-])OP(=O)([O-])[O-])C(O)[C@@H]2O)c(=O)[nH]1. The highest BCUT2D eigenvalue weighted by Crippen LogP contribution is 2.62. The topological polar surface area (TPSA) is 273 Å². The van der Waals surface area contributed by atoms with Gasteiger partial charge in [-0.2, -0.15) is 0 Å². The lowest BCUT2D eigenvalue weighted by atomic mass is 10.1. The molecular formula is C10H16N2O15P3-3. The first-order chi connectivity index (χ1) is 13.1. The second-order valence-corrected chi connectivity index (χ2v) is 9.68. The van der Waals surface area contributed by atoms with Gasteiger partial charge in [-0.15, -0.1) is 0 Å². The van der Waals surface area contributed by atoms with Gasteiger partial charge in [0, 0.05) is 12.3 Å². The van der Waals surface area contributed by atoms with Gasteiger partial charge in [-0.05, 0) is 0 Å². The largest absolute Gasteiger partial charge is 0.790 e. The number of phosphoric ester groups is 1. The number of hydrogen-bond acceptors (Lipinski definition) is 14. The zero-order valence-corrected chi connectivity index (χ0v) is 16.4. The number of aliphatic hydroxyl groups is 2. The van der Waals surface area contributed by atoms with Gasteiger partial charge in [-0.3, -0.25) is 27.7 Å². The number of H-pyrrole nitrogens is 1. The lowest BCUT2D eigenvalue weighted by Crippen LogP contribution is -2.37. The first-order valence-corrected chi connectivity index (χ1v) is 11.6. The number of nitrogens with zero attached hydrogens (tertiary/aromatic N) is 1. The van der Waals surface area contributed by atoms with E-state index in [0.29, 0.717) is 4.57 Å². The van der Waals surface area contributed by atoms with E-state index < -0.39 is 65.9 Å². The normalized spacial score (nSPS) is 28.3. The van der Waals surface area contributed by atoms with E-state index in [9.17, 15) is 53.1 Å². The molecule has 174 valence electrons. The Morgan fingerprint density at radius 1 is 1.13 bits per heavy atom. The molecule has 1 saturated heterocycles. The lowest BCUT2D eigenvalue weighted by molar-refractivity contribution is -0.339. The van der Waals surface area contributed by atoms with E-state index in [0.717, 1.165) is 12.3 Å². The highest BCUT2D eigenvalue weighted by molar-refractivity contribution is 7.65. The van der Waals surface area contributed by atoms with Crippen molar-refractivity contribution in [2.45, 2.75) is 32.0 Å². The van der Waals surface area contributed by atoms with Gasteiger partial charge < -0.3 is 39.1 Å². The molecule has 2 rings (SSSR count). The number of aromatic amines is 1. The highest BCUT2D eigenvalue weighted by atomic mass is 31.3. The third kappa shape index (κ3) is 7.28. The van der Waals surface area contributed by atoms with Crippen LogP contribution in [0.1, 0.15) is 13.7 Å². The molecule has 30 heavy (non-hydrogen) atoms. The molecule has 2 heterocycles. The Morgan fingerprint density at radius 3 is 2.27 bits per heavy atom. The molecule has 0 aliphatic carbocycles. The van der Waals surface area contributed by atoms with Crippen LogP contribution in [-0.4, -0.2) is 49.6 Å². The Balaban J connectivity index is 0.00000450. The summed E-state index contributed by atoms with van der Waals surface area (Å²) >= 11 is 0. The molecule has 0 spiro atoms. The van der Waals surface area contributed by atoms with Crippen LogP contribution in [0.4, 0.5) is 0 Å². The quantitative estimate of drug-likeness (QED) is 0.251. The van der Waals surface area contributed by atoms with Gasteiger partial charge in [0.05, 0.1) is 14.4 Å². The minimum absolute atomic E-state index is 0. The summed E-state index contributed by atoms with van der Waals surface area (Å²) in [6, 6.07) is 0.903. The van der Waals surface area contributed by atoms with Crippen molar-refractivity contribution in [2.24, 2.45) is 0 Å². The molecule has 3 unspecified atom stereocenters. The average Bonchev–Trinajstić information content (AvgIpc) is 2.78. The van der Waals surface area contributed by atoms with Crippen LogP contribution in [0.3, 0.4) is 0 Å². The Morgan fingerprint density at radius 2 is 1.73 bits per heavy atom. The number of hydrogen-bond donors (Lipinski definition) is 4. The molecule has 1 fully saturated rings. The van der Waals surface area contributed by atoms with Crippen LogP contribution in [0, 0.1) is 0 Å². The number of aromatic nitrogens is 2. The van der Waals surface area contributed by atoms with E-state index in [1.165, 1.54) is 0 Å². The monoisotopic (exact) mass is 497 g/mol. The third-order valence-electron chi connectivity index (χ3n) is 3.27. The Bertz CT molecular complexity index is 999. The van der Waals surface area contributed by atoms with Gasteiger partial charge in [-0.1, -0.05) is 7.43 Å². The zero-order valence-electron chi connectivity index (χ0n) is 13.7. The third-order valence-corrected chi connectivity index (χ3v) is 6.97. The fourth-order valence-electron chi connectivity index (χ4n) is 2.18. The summed E-state index contributed by atoms with van der Waals surface area (Å²) in [6.45, 7) is -1.10. The predicted molar refractivity (Wildman–Crippen MR) is 87.1 cm³/mol. The Kier molecular flexibility index (Phi) is 8.67. The van der Waals surface area contributed by atoms with Crippen LogP contribution in [0.15, 0.2) is 21.9 Å². The van der Waals surface area contributed by atoms with Crippen molar-refractivity contribution in [3.8, 4) is 0 Å². The summed E-state index contributed by atoms with van der Waals surface area (Å²) in [5.41, 5.74) is -1.78. The highest BCUT2D eigenvalue weighted by Gasteiger charge is 2.45. The van der Waals surface area contributed by atoms with Crippen LogP contribution in [-0.2, 0) is 31.6 Å². The molecule has 0 amide bonds. The molecule has 1 aromatic heterocycles. The molecule has 0 bridgehead atoms. The minimum Gasteiger partial charge on any atom is -0.790 e. The van der Waals surface area contributed by atoms with Gasteiger partial charge in [0.25, 0.3) is 13.4 Å². The number of ether oxygens (including phenoxy) is 1. The number of rotatable bonds is 8. The standard InChI is InChI=1S/C9H15N2O15P3.CH4/c12-5-1-2-11(9(15)10-5)8-7(14)6(13)4(24-8)3-23-28(19,20)26-29(21,22)25-27(16,17)18;/h1-2,4,6-8,13-14H,3H2,(H,19,20)(H,21,22)(H,10,12,15)(H2,16,17,18);1H4/p-3/t4-,6?,7+,8-;/m1./s1. The van der Waals surface area contributed by atoms with Crippen molar-refractivity contribution < 1.29 is 61.4 Å². The van der Waals surface area contributed by atoms with Crippen molar-refractivity contribution in [3.05, 3.63) is 33.1 Å². The second kappa shape index (κ2) is 9.63. The molecule has 4 N–H and O–H groups in total. The van der Waals surface area contributed by atoms with Gasteiger partial charge in [-0.25, -0.2) is 13.7 Å². The maximum atomic E-state index is 11.7. The maximum absolute atomic E-state index is 11.7. The van der Waals surface area contributed by atoms with E-state index >= 15 is 0 Å². The Labute approximate surface area is 166 Å². The van der Waals surface area contributed by atoms with Crippen molar-refractivity contribution in [2.75, 3.05) is 6.61 Å². The summed E-state index contributed by atoms with van der Waals surface area (Å²) in [5, 5.41) is 19.9. The summed E-state index contributed by atoms with van der Waals surface area (Å²) in [6.07, 6.45) is -5.86. The smallest absolute Gasteiger partial charge is 0.478 e. The van der Waals surface area contributed by atoms with Gasteiger partial charge in [0.15, 0.2) is 6.23 Å². The van der Waals surface area contributed by atoms with Crippen LogP contribution >= 0.6 is 23.5 Å². The fourth-order valence-corrected chi connectivity index (χ4v) is 5.08. The minimum atomic E-state index is -6.13. The zero-order chi connectivity index (χ0) is 22.2. The van der Waals surface area contributed by atoms with Crippen molar-refractivity contribution in [1.29, 1.82) is 0 Å². The second-order valence-electron chi connectivity index (χ2n) is 5.39. The Hall–Kier alpha value is -1.03. The molecule has 1 aliphatic rings. The summed E-state index contributed by atoms with van der Waals surface area (Å²) < 4.78 is 49.4. The molecule has 0 radical (unpaired) electrons. The van der Waals surface area contributed by atoms with Gasteiger partial charge >= 0.3 is 13.5 Å². The lowest BCUT2D eigenvalue weighted by Gasteiger charge is -2.35. The van der Waals surface area contributed by atoms with Crippen LogP contribution < -0.4 is 25.9 Å². The van der Waals surface area contributed by atoms with Crippen LogP contribution in [0.5, 0.6) is 0 Å². The summed E-state index contributed by atoms with van der Waals surface area (Å²) in [4.78, 5) is 65.5. The number of phosphoric acid groups is 3. The van der Waals surface area contributed by atoms with E-state index in [1.54, 1.807) is 0 Å². The predicted octanol–water partition coefficient (Wildman–Crippen LogP) is -3.76. The van der Waals surface area contributed by atoms with Gasteiger partial charge in [0.2, 0.25) is 0 Å². The number of nitrogens with one attached hydrogen (secondary N) is 1. The molecule has 0 aromatic carbocycles. The van der Waals surface area contributed by atoms with Crippen LogP contribution in [0.2, 0.25) is 0 Å². The van der Waals surface area contributed by atoms with Crippen molar-refractivity contribution in [1.82, 2.24) is 9.55 Å². The molecule has 6 atom stereocenters. The van der Waals surface area contributed by atoms with E-state index in [-0.39, 0.29) is 7.43 Å². The van der Waals surface area contributed by atoms with E-state index in [4.69, 9.17) is 4.74 Å².